The molecule has 0 saturated carbocycles. The molecule has 1 fully saturated rings. The first-order chi connectivity index (χ1) is 11.4. The lowest BCUT2D eigenvalue weighted by Gasteiger charge is -2.33. The largest absolute Gasteiger partial charge is 0.393 e. The first kappa shape index (κ1) is 16.6. The van der Waals surface area contributed by atoms with Crippen LogP contribution in [0.2, 0.25) is 0 Å². The van der Waals surface area contributed by atoms with Crippen LogP contribution in [0.3, 0.4) is 0 Å². The van der Waals surface area contributed by atoms with E-state index >= 15 is 0 Å². The average molecular weight is 333 g/mol. The van der Waals surface area contributed by atoms with Gasteiger partial charge in [0.2, 0.25) is 0 Å². The van der Waals surface area contributed by atoms with Crippen molar-refractivity contribution in [2.24, 2.45) is 5.92 Å². The minimum Gasteiger partial charge on any atom is -0.338 e. The summed E-state index contributed by atoms with van der Waals surface area (Å²) >= 11 is 0. The van der Waals surface area contributed by atoms with Gasteiger partial charge >= 0.3 is 6.18 Å². The van der Waals surface area contributed by atoms with E-state index in [-0.39, 0.29) is 18.9 Å². The van der Waals surface area contributed by atoms with E-state index in [4.69, 9.17) is 0 Å². The highest BCUT2D eigenvalue weighted by Gasteiger charge is 2.42. The minimum absolute atomic E-state index is 0.0910. The number of hydrogen-bond donors (Lipinski definition) is 0. The summed E-state index contributed by atoms with van der Waals surface area (Å²) in [4.78, 5) is 13.9. The van der Waals surface area contributed by atoms with Gasteiger partial charge in [0.25, 0.3) is 5.91 Å². The normalized spacial score (nSPS) is 18.6. The van der Waals surface area contributed by atoms with E-state index in [1.165, 1.54) is 4.90 Å². The van der Waals surface area contributed by atoms with E-state index in [9.17, 15) is 18.0 Å². The van der Waals surface area contributed by atoms with E-state index in [0.29, 0.717) is 18.5 Å². The van der Waals surface area contributed by atoms with E-state index < -0.39 is 12.1 Å². The number of alkyl halides is 3. The van der Waals surface area contributed by atoms with Gasteiger partial charge in [0.05, 0.1) is 5.92 Å². The molecule has 0 radical (unpaired) electrons. The van der Waals surface area contributed by atoms with E-state index in [2.05, 4.69) is 6.58 Å². The zero-order chi connectivity index (χ0) is 17.3. The monoisotopic (exact) mass is 333 g/mol. The lowest BCUT2D eigenvalue weighted by molar-refractivity contribution is -0.184. The van der Waals surface area contributed by atoms with Crippen LogP contribution in [0.4, 0.5) is 13.2 Å². The molecule has 1 amide bonds. The number of benzene rings is 2. The third-order valence-electron chi connectivity index (χ3n) is 4.55. The molecule has 1 heterocycles. The molecule has 1 saturated heterocycles. The first-order valence-electron chi connectivity index (χ1n) is 7.91. The number of piperidine rings is 1. The number of hydrogen-bond acceptors (Lipinski definition) is 1. The second kappa shape index (κ2) is 6.30. The topological polar surface area (TPSA) is 20.3 Å². The molecule has 126 valence electrons. The average Bonchev–Trinajstić information content (AvgIpc) is 2.59. The zero-order valence-electron chi connectivity index (χ0n) is 13.1. The van der Waals surface area contributed by atoms with Crippen molar-refractivity contribution in [1.82, 2.24) is 4.90 Å². The number of carbonyl (C=O) groups is 1. The Morgan fingerprint density at radius 2 is 2.04 bits per heavy atom. The second-order valence-electron chi connectivity index (χ2n) is 6.12. The van der Waals surface area contributed by atoms with Crippen LogP contribution >= 0.6 is 0 Å². The van der Waals surface area contributed by atoms with E-state index in [1.54, 1.807) is 18.2 Å². The summed E-state index contributed by atoms with van der Waals surface area (Å²) in [6.07, 6.45) is -2.04. The van der Waals surface area contributed by atoms with Crippen molar-refractivity contribution in [3.63, 3.8) is 0 Å². The number of rotatable bonds is 2. The fourth-order valence-corrected chi connectivity index (χ4v) is 3.23. The quantitative estimate of drug-likeness (QED) is 0.766. The van der Waals surface area contributed by atoms with Crippen LogP contribution in [-0.4, -0.2) is 30.1 Å². The summed E-state index contributed by atoms with van der Waals surface area (Å²) in [5.41, 5.74) is 1.38. The maximum Gasteiger partial charge on any atom is 0.393 e. The van der Waals surface area contributed by atoms with Gasteiger partial charge in [-0.3, -0.25) is 4.79 Å². The molecule has 0 bridgehead atoms. The summed E-state index contributed by atoms with van der Waals surface area (Å²) in [6.45, 7) is 3.88. The summed E-state index contributed by atoms with van der Waals surface area (Å²) in [5, 5.41) is 1.85. The molecule has 2 aromatic carbocycles. The van der Waals surface area contributed by atoms with Crippen molar-refractivity contribution < 1.29 is 18.0 Å². The maximum absolute atomic E-state index is 12.9. The molecule has 1 aliphatic rings. The van der Waals surface area contributed by atoms with Gasteiger partial charge in [-0.05, 0) is 41.3 Å². The van der Waals surface area contributed by atoms with Crippen molar-refractivity contribution in [3.8, 4) is 0 Å². The molecular weight excluding hydrogens is 315 g/mol. The van der Waals surface area contributed by atoms with Crippen molar-refractivity contribution >= 4 is 22.8 Å². The number of amides is 1. The minimum atomic E-state index is -4.25. The summed E-state index contributed by atoms with van der Waals surface area (Å²) in [5.74, 6) is -1.77. The number of fused-ring (bicyclic) bond motifs is 1. The molecule has 1 aliphatic heterocycles. The highest BCUT2D eigenvalue weighted by Crippen LogP contribution is 2.33. The van der Waals surface area contributed by atoms with Crippen LogP contribution in [0.25, 0.3) is 16.8 Å². The predicted octanol–water partition coefficient (Wildman–Crippen LogP) is 4.90. The number of halogens is 3. The van der Waals surface area contributed by atoms with Crippen molar-refractivity contribution in [3.05, 3.63) is 54.1 Å². The van der Waals surface area contributed by atoms with Crippen molar-refractivity contribution in [2.75, 3.05) is 13.1 Å². The van der Waals surface area contributed by atoms with Gasteiger partial charge in [0.1, 0.15) is 0 Å². The number of nitrogens with zero attached hydrogens (tertiary/aromatic N) is 1. The fraction of sp³-hybridized carbons (Fsp3) is 0.316. The molecule has 0 aromatic heterocycles. The van der Waals surface area contributed by atoms with Gasteiger partial charge in [-0.25, -0.2) is 0 Å². The summed E-state index contributed by atoms with van der Waals surface area (Å²) < 4.78 is 38.8. The van der Waals surface area contributed by atoms with Crippen LogP contribution in [0.5, 0.6) is 0 Å². The van der Waals surface area contributed by atoms with Crippen LogP contribution in [0.15, 0.2) is 43.0 Å². The Kier molecular flexibility index (Phi) is 4.35. The zero-order valence-corrected chi connectivity index (χ0v) is 13.1. The van der Waals surface area contributed by atoms with Gasteiger partial charge in [-0.2, -0.15) is 13.2 Å². The smallest absolute Gasteiger partial charge is 0.338 e. The van der Waals surface area contributed by atoms with Gasteiger partial charge in [0.15, 0.2) is 0 Å². The third kappa shape index (κ3) is 3.16. The third-order valence-corrected chi connectivity index (χ3v) is 4.55. The van der Waals surface area contributed by atoms with Gasteiger partial charge < -0.3 is 4.90 Å². The molecule has 0 N–H and O–H groups in total. The summed E-state index contributed by atoms with van der Waals surface area (Å²) in [7, 11) is 0. The van der Waals surface area contributed by atoms with Crippen LogP contribution in [0.1, 0.15) is 28.8 Å². The fourth-order valence-electron chi connectivity index (χ4n) is 3.23. The molecule has 1 unspecified atom stereocenters. The Morgan fingerprint density at radius 3 is 2.75 bits per heavy atom. The standard InChI is InChI=1S/C19H18F3NO/c1-2-13-5-3-6-14-11-15(8-9-17(13)14)18(24)23-10-4-7-16(12-23)19(20,21)22/h2-3,5-6,8-9,11,16H,1,4,7,10,12H2. The number of carbonyl (C=O) groups excluding carboxylic acids is 1. The van der Waals surface area contributed by atoms with Crippen molar-refractivity contribution in [2.45, 2.75) is 19.0 Å². The Bertz CT molecular complexity index is 782. The molecule has 3 rings (SSSR count). The van der Waals surface area contributed by atoms with Crippen LogP contribution in [-0.2, 0) is 0 Å². The molecule has 2 nitrogen and oxygen atoms in total. The first-order valence-corrected chi connectivity index (χ1v) is 7.91. The lowest BCUT2D eigenvalue weighted by atomic mass is 9.96. The second-order valence-corrected chi connectivity index (χ2v) is 6.12. The molecule has 1 atom stereocenters. The number of likely N-dealkylation sites (tertiary alicyclic amines) is 1. The molecule has 0 aliphatic carbocycles. The Balaban J connectivity index is 1.87. The molecule has 0 spiro atoms. The predicted molar refractivity (Wildman–Crippen MR) is 88.7 cm³/mol. The Morgan fingerprint density at radius 1 is 1.25 bits per heavy atom. The van der Waals surface area contributed by atoms with E-state index in [0.717, 1.165) is 16.3 Å². The molecule has 24 heavy (non-hydrogen) atoms. The lowest BCUT2D eigenvalue weighted by Crippen LogP contribution is -2.44. The van der Waals surface area contributed by atoms with Crippen LogP contribution < -0.4 is 0 Å². The van der Waals surface area contributed by atoms with Crippen molar-refractivity contribution in [1.29, 1.82) is 0 Å². The van der Waals surface area contributed by atoms with Crippen LogP contribution in [0, 0.1) is 5.92 Å². The Labute approximate surface area is 138 Å². The molecule has 2 aromatic rings. The van der Waals surface area contributed by atoms with Gasteiger partial charge in [-0.1, -0.05) is 36.9 Å². The highest BCUT2D eigenvalue weighted by atomic mass is 19.4. The summed E-state index contributed by atoms with van der Waals surface area (Å²) in [6, 6.07) is 10.9. The Hall–Kier alpha value is -2.30. The van der Waals surface area contributed by atoms with E-state index in [1.807, 2.05) is 24.3 Å². The van der Waals surface area contributed by atoms with Gasteiger partial charge in [-0.15, -0.1) is 0 Å². The maximum atomic E-state index is 12.9. The van der Waals surface area contributed by atoms with Gasteiger partial charge in [0, 0.05) is 18.7 Å². The molecular formula is C19H18F3NO. The highest BCUT2D eigenvalue weighted by molar-refractivity contribution is 6.00. The SMILES string of the molecule is C=Cc1cccc2cc(C(=O)N3CCCC(C(F)(F)F)C3)ccc12. The molecule has 5 heteroatoms.